The third-order valence-electron chi connectivity index (χ3n) is 6.13. The number of nitrogen functional groups attached to an aromatic ring is 1. The van der Waals surface area contributed by atoms with E-state index in [0.717, 1.165) is 0 Å². The van der Waals surface area contributed by atoms with Crippen LogP contribution in [0.1, 0.15) is 16.8 Å². The lowest BCUT2D eigenvalue weighted by Gasteiger charge is -2.36. The Bertz CT molecular complexity index is 1560. The van der Waals surface area contributed by atoms with Crippen LogP contribution < -0.4 is 16.6 Å². The SMILES string of the molecule is Nc1c(-c2nc3ccc(C(=O)NCC(O)CC(=O)N4CC(O)C4)cc3[nH]2)c(=O)[nH]c2cccc(F)c12. The highest BCUT2D eigenvalue weighted by molar-refractivity contribution is 6.00. The Morgan fingerprint density at radius 1 is 1.22 bits per heavy atom. The van der Waals surface area contributed by atoms with E-state index in [9.17, 15) is 29.0 Å². The van der Waals surface area contributed by atoms with Gasteiger partial charge in [-0.05, 0) is 30.3 Å². The van der Waals surface area contributed by atoms with Crippen molar-refractivity contribution in [3.05, 3.63) is 58.1 Å². The first-order valence-corrected chi connectivity index (χ1v) is 11.2. The Kier molecular flexibility index (Phi) is 5.90. The maximum atomic E-state index is 14.4. The molecular formula is C24H23FN6O5. The molecule has 0 saturated carbocycles. The van der Waals surface area contributed by atoms with Crippen LogP contribution in [0.4, 0.5) is 10.1 Å². The van der Waals surface area contributed by atoms with E-state index in [0.29, 0.717) is 11.0 Å². The van der Waals surface area contributed by atoms with Crippen LogP contribution in [-0.4, -0.2) is 73.7 Å². The number of rotatable bonds is 6. The summed E-state index contributed by atoms with van der Waals surface area (Å²) in [6.45, 7) is 0.354. The molecule has 1 saturated heterocycles. The summed E-state index contributed by atoms with van der Waals surface area (Å²) < 4.78 is 14.4. The molecule has 0 radical (unpaired) electrons. The maximum absolute atomic E-state index is 14.4. The van der Waals surface area contributed by atoms with Gasteiger partial charge in [0.05, 0.1) is 46.3 Å². The highest BCUT2D eigenvalue weighted by Crippen LogP contribution is 2.30. The van der Waals surface area contributed by atoms with Gasteiger partial charge in [0, 0.05) is 25.2 Å². The van der Waals surface area contributed by atoms with E-state index < -0.39 is 29.5 Å². The third kappa shape index (κ3) is 4.27. The van der Waals surface area contributed by atoms with Gasteiger partial charge in [-0.2, -0.15) is 0 Å². The number of aromatic nitrogens is 3. The summed E-state index contributed by atoms with van der Waals surface area (Å²) in [5.74, 6) is -1.24. The molecule has 12 heteroatoms. The number of aliphatic hydroxyl groups is 2. The number of amides is 2. The van der Waals surface area contributed by atoms with Crippen LogP contribution in [0, 0.1) is 5.82 Å². The Labute approximate surface area is 202 Å². The summed E-state index contributed by atoms with van der Waals surface area (Å²) in [6, 6.07) is 8.87. The second kappa shape index (κ2) is 9.06. The Hall–Kier alpha value is -4.29. The van der Waals surface area contributed by atoms with Crippen LogP contribution in [0.3, 0.4) is 0 Å². The monoisotopic (exact) mass is 494 g/mol. The lowest BCUT2D eigenvalue weighted by atomic mass is 10.1. The van der Waals surface area contributed by atoms with Crippen LogP contribution in [0.2, 0.25) is 0 Å². The van der Waals surface area contributed by atoms with E-state index >= 15 is 0 Å². The van der Waals surface area contributed by atoms with Gasteiger partial charge in [0.25, 0.3) is 11.5 Å². The number of hydrogen-bond acceptors (Lipinski definition) is 7. The number of likely N-dealkylation sites (tertiary alicyclic amines) is 1. The van der Waals surface area contributed by atoms with Gasteiger partial charge < -0.3 is 36.1 Å². The van der Waals surface area contributed by atoms with Crippen molar-refractivity contribution in [3.8, 4) is 11.4 Å². The van der Waals surface area contributed by atoms with Gasteiger partial charge in [-0.15, -0.1) is 0 Å². The highest BCUT2D eigenvalue weighted by atomic mass is 19.1. The number of fused-ring (bicyclic) bond motifs is 2. The fraction of sp³-hybridized carbons (Fsp3) is 0.250. The molecule has 2 aromatic heterocycles. The highest BCUT2D eigenvalue weighted by Gasteiger charge is 2.29. The summed E-state index contributed by atoms with van der Waals surface area (Å²) in [6.07, 6.45) is -1.77. The fourth-order valence-corrected chi connectivity index (χ4v) is 4.21. The van der Waals surface area contributed by atoms with Crippen molar-refractivity contribution in [1.82, 2.24) is 25.2 Å². The number of aromatic amines is 2. The molecule has 2 amide bonds. The standard InChI is InChI=1S/C24H23FN6O5/c25-14-2-1-3-16-19(14)21(26)20(24(36)30-16)22-28-15-5-4-11(6-17(15)29-22)23(35)27-8-12(32)7-18(34)31-9-13(33)10-31/h1-6,12-13,32-33H,7-10H2,(H,27,35)(H,28,29)(H3,26,30,36). The quantitative estimate of drug-likeness (QED) is 0.226. The molecule has 1 atom stereocenters. The van der Waals surface area contributed by atoms with Crippen LogP contribution in [0.5, 0.6) is 0 Å². The zero-order valence-electron chi connectivity index (χ0n) is 18.9. The van der Waals surface area contributed by atoms with Crippen LogP contribution >= 0.6 is 0 Å². The normalized spacial score (nSPS) is 14.7. The molecule has 0 bridgehead atoms. The predicted octanol–water partition coefficient (Wildman–Crippen LogP) is 0.477. The summed E-state index contributed by atoms with van der Waals surface area (Å²) in [4.78, 5) is 48.6. The number of pyridine rings is 1. The van der Waals surface area contributed by atoms with E-state index in [1.165, 1.54) is 29.2 Å². The zero-order chi connectivity index (χ0) is 25.6. The van der Waals surface area contributed by atoms with Gasteiger partial charge in [0.2, 0.25) is 5.91 Å². The van der Waals surface area contributed by atoms with Crippen molar-refractivity contribution in [2.45, 2.75) is 18.6 Å². The molecule has 2 aromatic carbocycles. The first kappa shape index (κ1) is 23.5. The summed E-state index contributed by atoms with van der Waals surface area (Å²) >= 11 is 0. The molecule has 36 heavy (non-hydrogen) atoms. The molecule has 0 aliphatic carbocycles. The Morgan fingerprint density at radius 2 is 2.00 bits per heavy atom. The average molecular weight is 494 g/mol. The van der Waals surface area contributed by atoms with Gasteiger partial charge in [0.1, 0.15) is 17.2 Å². The van der Waals surface area contributed by atoms with Crippen LogP contribution in [0.15, 0.2) is 41.2 Å². The minimum atomic E-state index is -1.08. The number of anilines is 1. The number of H-pyrrole nitrogens is 2. The van der Waals surface area contributed by atoms with Crippen molar-refractivity contribution in [2.24, 2.45) is 0 Å². The van der Waals surface area contributed by atoms with Crippen molar-refractivity contribution in [2.75, 3.05) is 25.4 Å². The second-order valence-electron chi connectivity index (χ2n) is 8.74. The summed E-state index contributed by atoms with van der Waals surface area (Å²) in [7, 11) is 0. The van der Waals surface area contributed by atoms with Gasteiger partial charge in [-0.3, -0.25) is 14.4 Å². The van der Waals surface area contributed by atoms with Crippen LogP contribution in [-0.2, 0) is 4.79 Å². The van der Waals surface area contributed by atoms with Gasteiger partial charge in [-0.1, -0.05) is 6.07 Å². The van der Waals surface area contributed by atoms with Crippen molar-refractivity contribution in [3.63, 3.8) is 0 Å². The molecule has 1 aliphatic heterocycles. The number of carbonyl (C=O) groups excluding carboxylic acids is 2. The molecule has 4 aromatic rings. The topological polar surface area (TPSA) is 177 Å². The molecule has 0 spiro atoms. The van der Waals surface area contributed by atoms with E-state index in [4.69, 9.17) is 5.73 Å². The number of benzene rings is 2. The van der Waals surface area contributed by atoms with Crippen LogP contribution in [0.25, 0.3) is 33.3 Å². The number of β-amino-alcohol motifs (C(OH)–C–C–N with tert-alkyl or cyclic N) is 1. The second-order valence-corrected chi connectivity index (χ2v) is 8.74. The smallest absolute Gasteiger partial charge is 0.261 e. The first-order valence-electron chi connectivity index (χ1n) is 11.2. The van der Waals surface area contributed by atoms with Crippen molar-refractivity contribution in [1.29, 1.82) is 0 Å². The average Bonchev–Trinajstić information content (AvgIpc) is 3.22. The lowest BCUT2D eigenvalue weighted by molar-refractivity contribution is -0.143. The number of nitrogens with one attached hydrogen (secondary N) is 3. The summed E-state index contributed by atoms with van der Waals surface area (Å²) in [5, 5.41) is 22.0. The first-order chi connectivity index (χ1) is 17.2. The predicted molar refractivity (Wildman–Crippen MR) is 130 cm³/mol. The van der Waals surface area contributed by atoms with E-state index in [2.05, 4.69) is 20.3 Å². The maximum Gasteiger partial charge on any atom is 0.261 e. The number of carbonyl (C=O) groups is 2. The van der Waals surface area contributed by atoms with Crippen molar-refractivity contribution < 1.29 is 24.2 Å². The lowest BCUT2D eigenvalue weighted by Crippen LogP contribution is -2.54. The van der Waals surface area contributed by atoms with E-state index in [1.54, 1.807) is 12.1 Å². The third-order valence-corrected chi connectivity index (χ3v) is 6.13. The van der Waals surface area contributed by atoms with E-state index in [-0.39, 0.29) is 65.5 Å². The minimum Gasteiger partial charge on any atom is -0.397 e. The van der Waals surface area contributed by atoms with Gasteiger partial charge in [0.15, 0.2) is 0 Å². The largest absolute Gasteiger partial charge is 0.397 e. The number of hydrogen-bond donors (Lipinski definition) is 6. The molecule has 186 valence electrons. The number of halogens is 1. The number of aliphatic hydroxyl groups excluding tert-OH is 2. The fourth-order valence-electron chi connectivity index (χ4n) is 4.21. The molecule has 1 aliphatic rings. The molecule has 11 nitrogen and oxygen atoms in total. The molecule has 7 N–H and O–H groups in total. The molecular weight excluding hydrogens is 471 g/mol. The molecule has 5 rings (SSSR count). The van der Waals surface area contributed by atoms with E-state index in [1.807, 2.05) is 0 Å². The Morgan fingerprint density at radius 3 is 2.75 bits per heavy atom. The number of nitrogens with zero attached hydrogens (tertiary/aromatic N) is 2. The summed E-state index contributed by atoms with van der Waals surface area (Å²) in [5.41, 5.74) is 6.95. The van der Waals surface area contributed by atoms with Gasteiger partial charge in [-0.25, -0.2) is 9.37 Å². The van der Waals surface area contributed by atoms with Crippen molar-refractivity contribution >= 4 is 39.4 Å². The number of nitrogens with two attached hydrogens (primary N) is 1. The Balaban J connectivity index is 1.33. The molecule has 1 unspecified atom stereocenters. The molecule has 1 fully saturated rings. The van der Waals surface area contributed by atoms with Gasteiger partial charge >= 0.3 is 0 Å². The molecule has 3 heterocycles. The zero-order valence-corrected chi connectivity index (χ0v) is 18.9. The number of imidazole rings is 1. The minimum absolute atomic E-state index is 0.0164.